The summed E-state index contributed by atoms with van der Waals surface area (Å²) in [5.41, 5.74) is 5.67. The second kappa shape index (κ2) is 10.2. The van der Waals surface area contributed by atoms with E-state index in [4.69, 9.17) is 5.73 Å². The van der Waals surface area contributed by atoms with Crippen LogP contribution in [0.15, 0.2) is 4.99 Å². The summed E-state index contributed by atoms with van der Waals surface area (Å²) >= 11 is 0. The van der Waals surface area contributed by atoms with Crippen LogP contribution >= 0.6 is 24.0 Å². The van der Waals surface area contributed by atoms with Gasteiger partial charge in [-0.2, -0.15) is 0 Å². The first-order valence-electron chi connectivity index (χ1n) is 7.32. The zero-order valence-corrected chi connectivity index (χ0v) is 16.3. The summed E-state index contributed by atoms with van der Waals surface area (Å²) in [7, 11) is -2.96. The van der Waals surface area contributed by atoms with Gasteiger partial charge >= 0.3 is 0 Å². The lowest BCUT2D eigenvalue weighted by atomic mass is 10.1. The molecular weight excluding hydrogens is 419 g/mol. The van der Waals surface area contributed by atoms with E-state index in [9.17, 15) is 13.2 Å². The molecule has 0 bridgehead atoms. The number of carbonyl (C=O) groups excluding carboxylic acids is 1. The Labute approximate surface area is 149 Å². The maximum absolute atomic E-state index is 11.7. The van der Waals surface area contributed by atoms with E-state index >= 15 is 0 Å². The number of halogens is 1. The van der Waals surface area contributed by atoms with Crippen LogP contribution in [0.3, 0.4) is 0 Å². The van der Waals surface area contributed by atoms with Gasteiger partial charge in [0.05, 0.1) is 11.5 Å². The van der Waals surface area contributed by atoms with Gasteiger partial charge in [-0.25, -0.2) is 8.42 Å². The number of aliphatic imine (C=N–C) groups is 1. The lowest BCUT2D eigenvalue weighted by Gasteiger charge is -2.11. The summed E-state index contributed by atoms with van der Waals surface area (Å²) in [6, 6.07) is -0.250. The van der Waals surface area contributed by atoms with Crippen LogP contribution in [0.25, 0.3) is 0 Å². The lowest BCUT2D eigenvalue weighted by Crippen LogP contribution is -2.39. The maximum Gasteiger partial charge on any atom is 0.222 e. The minimum atomic E-state index is -2.96. The number of nitrogens with two attached hydrogens (primary N) is 1. The van der Waals surface area contributed by atoms with Gasteiger partial charge in [0, 0.05) is 25.6 Å². The molecule has 1 aliphatic heterocycles. The molecule has 0 spiro atoms. The third kappa shape index (κ3) is 9.44. The number of hydrogen-bond acceptors (Lipinski definition) is 4. The van der Waals surface area contributed by atoms with Gasteiger partial charge in [0.1, 0.15) is 0 Å². The Hall–Kier alpha value is -0.580. The molecule has 0 saturated carbocycles. The summed E-state index contributed by atoms with van der Waals surface area (Å²) in [6.07, 6.45) is 1.72. The van der Waals surface area contributed by atoms with E-state index in [-0.39, 0.29) is 53.9 Å². The van der Waals surface area contributed by atoms with E-state index < -0.39 is 9.84 Å². The Morgan fingerprint density at radius 2 is 2.09 bits per heavy atom. The van der Waals surface area contributed by atoms with Crippen LogP contribution in [-0.4, -0.2) is 50.9 Å². The number of nitrogens with one attached hydrogen (secondary N) is 2. The standard InChI is InChI=1S/C13H26N4O3S.HI/c1-10(2)3-6-15-13(14)16-7-4-12(18)17-11-5-8-21(19,20)9-11;/h10-11H,3-9H2,1-2H3,(H,17,18)(H3,14,15,16);1H. The molecule has 4 N–H and O–H groups in total. The monoisotopic (exact) mass is 446 g/mol. The van der Waals surface area contributed by atoms with Crippen LogP contribution in [0.1, 0.15) is 33.1 Å². The van der Waals surface area contributed by atoms with Gasteiger partial charge < -0.3 is 16.4 Å². The molecule has 1 unspecified atom stereocenters. The molecule has 9 heteroatoms. The molecule has 22 heavy (non-hydrogen) atoms. The zero-order chi connectivity index (χ0) is 15.9. The molecule has 0 aromatic rings. The van der Waals surface area contributed by atoms with Crippen molar-refractivity contribution in [3.8, 4) is 0 Å². The van der Waals surface area contributed by atoms with Crippen molar-refractivity contribution >= 4 is 45.7 Å². The quantitative estimate of drug-likeness (QED) is 0.295. The molecule has 1 saturated heterocycles. The minimum absolute atomic E-state index is 0. The van der Waals surface area contributed by atoms with Gasteiger partial charge in [0.2, 0.25) is 5.91 Å². The highest BCUT2D eigenvalue weighted by atomic mass is 127. The number of sulfone groups is 1. The third-order valence-electron chi connectivity index (χ3n) is 3.24. The summed E-state index contributed by atoms with van der Waals surface area (Å²) in [6.45, 7) is 5.30. The second-order valence-corrected chi connectivity index (χ2v) is 8.02. The molecule has 0 aliphatic carbocycles. The molecule has 7 nitrogen and oxygen atoms in total. The Morgan fingerprint density at radius 3 is 2.64 bits per heavy atom. The van der Waals surface area contributed by atoms with Gasteiger partial charge in [-0.3, -0.25) is 9.79 Å². The predicted molar refractivity (Wildman–Crippen MR) is 99.2 cm³/mol. The lowest BCUT2D eigenvalue weighted by molar-refractivity contribution is -0.121. The molecule has 130 valence electrons. The normalized spacial score (nSPS) is 20.5. The van der Waals surface area contributed by atoms with Crippen molar-refractivity contribution in [1.82, 2.24) is 10.6 Å². The molecule has 0 radical (unpaired) electrons. The van der Waals surface area contributed by atoms with Crippen molar-refractivity contribution in [2.45, 2.75) is 39.2 Å². The topological polar surface area (TPSA) is 114 Å². The second-order valence-electron chi connectivity index (χ2n) is 5.79. The fourth-order valence-electron chi connectivity index (χ4n) is 2.01. The number of carbonyl (C=O) groups is 1. The van der Waals surface area contributed by atoms with E-state index in [1.54, 1.807) is 0 Å². The van der Waals surface area contributed by atoms with Crippen molar-refractivity contribution < 1.29 is 13.2 Å². The molecule has 1 atom stereocenters. The Bertz CT molecular complexity index is 480. The van der Waals surface area contributed by atoms with Crippen LogP contribution < -0.4 is 16.4 Å². The third-order valence-corrected chi connectivity index (χ3v) is 5.01. The molecule has 1 fully saturated rings. The Balaban J connectivity index is 0.00000441. The van der Waals surface area contributed by atoms with Crippen LogP contribution in [0.2, 0.25) is 0 Å². The molecule has 1 rings (SSSR count). The minimum Gasteiger partial charge on any atom is -0.370 e. The summed E-state index contributed by atoms with van der Waals surface area (Å²) < 4.78 is 22.6. The van der Waals surface area contributed by atoms with Crippen LogP contribution in [0.5, 0.6) is 0 Å². The first-order valence-corrected chi connectivity index (χ1v) is 9.14. The van der Waals surface area contributed by atoms with Crippen molar-refractivity contribution in [3.05, 3.63) is 0 Å². The van der Waals surface area contributed by atoms with Gasteiger partial charge in [-0.15, -0.1) is 24.0 Å². The predicted octanol–water partition coefficient (Wildman–Crippen LogP) is 0.248. The van der Waals surface area contributed by atoms with E-state index in [0.717, 1.165) is 6.42 Å². The molecule has 0 aromatic carbocycles. The fraction of sp³-hybridized carbons (Fsp3) is 0.846. The summed E-state index contributed by atoms with van der Waals surface area (Å²) in [4.78, 5) is 15.8. The van der Waals surface area contributed by atoms with Crippen LogP contribution in [0.4, 0.5) is 0 Å². The molecule has 1 aliphatic rings. The highest BCUT2D eigenvalue weighted by molar-refractivity contribution is 14.0. The van der Waals surface area contributed by atoms with Crippen molar-refractivity contribution in [1.29, 1.82) is 0 Å². The highest BCUT2D eigenvalue weighted by Crippen LogP contribution is 2.11. The first kappa shape index (κ1) is 21.4. The smallest absolute Gasteiger partial charge is 0.222 e. The molecule has 1 heterocycles. The number of amides is 1. The van der Waals surface area contributed by atoms with E-state index in [1.165, 1.54) is 0 Å². The van der Waals surface area contributed by atoms with Gasteiger partial charge in [-0.05, 0) is 18.8 Å². The van der Waals surface area contributed by atoms with Gasteiger partial charge in [0.25, 0.3) is 0 Å². The van der Waals surface area contributed by atoms with E-state index in [0.29, 0.717) is 31.4 Å². The van der Waals surface area contributed by atoms with Crippen molar-refractivity contribution in [2.75, 3.05) is 24.6 Å². The SMILES string of the molecule is CC(C)CCN=C(N)NCCC(=O)NC1CCS(=O)(=O)C1.I. The maximum atomic E-state index is 11.7. The summed E-state index contributed by atoms with van der Waals surface area (Å²) in [5.74, 6) is 0.956. The van der Waals surface area contributed by atoms with E-state index in [2.05, 4.69) is 29.5 Å². The highest BCUT2D eigenvalue weighted by Gasteiger charge is 2.28. The fourth-order valence-corrected chi connectivity index (χ4v) is 3.69. The summed E-state index contributed by atoms with van der Waals surface area (Å²) in [5, 5.41) is 5.60. The molecule has 0 aromatic heterocycles. The number of guanidine groups is 1. The number of hydrogen-bond donors (Lipinski definition) is 3. The molecular formula is C13H27IN4O3S. The van der Waals surface area contributed by atoms with Crippen LogP contribution in [-0.2, 0) is 14.6 Å². The number of rotatable bonds is 7. The average molecular weight is 446 g/mol. The Kier molecular flexibility index (Phi) is 9.97. The van der Waals surface area contributed by atoms with Crippen molar-refractivity contribution in [2.24, 2.45) is 16.6 Å². The largest absolute Gasteiger partial charge is 0.370 e. The first-order chi connectivity index (χ1) is 9.78. The average Bonchev–Trinajstić information content (AvgIpc) is 2.68. The van der Waals surface area contributed by atoms with Crippen molar-refractivity contribution in [3.63, 3.8) is 0 Å². The molecule has 1 amide bonds. The van der Waals surface area contributed by atoms with Gasteiger partial charge in [0.15, 0.2) is 15.8 Å². The van der Waals surface area contributed by atoms with E-state index in [1.807, 2.05) is 0 Å². The zero-order valence-electron chi connectivity index (χ0n) is 13.2. The van der Waals surface area contributed by atoms with Crippen LogP contribution in [0, 0.1) is 5.92 Å². The number of nitrogens with zero attached hydrogens (tertiary/aromatic N) is 1. The Morgan fingerprint density at radius 1 is 1.41 bits per heavy atom. The van der Waals surface area contributed by atoms with Gasteiger partial charge in [-0.1, -0.05) is 13.8 Å².